The lowest BCUT2D eigenvalue weighted by Crippen LogP contribution is -2.17. The maximum Gasteiger partial charge on any atom is 0.303 e. The van der Waals surface area contributed by atoms with Crippen molar-refractivity contribution in [1.29, 1.82) is 0 Å². The van der Waals surface area contributed by atoms with Gasteiger partial charge in [-0.25, -0.2) is 0 Å². The summed E-state index contributed by atoms with van der Waals surface area (Å²) in [6.45, 7) is 1.98. The van der Waals surface area contributed by atoms with Crippen molar-refractivity contribution >= 4 is 11.8 Å². The Bertz CT molecular complexity index is 496. The average molecular weight is 481 g/mol. The molecule has 1 aliphatic rings. The van der Waals surface area contributed by atoms with Crippen molar-refractivity contribution in [2.75, 3.05) is 0 Å². The molecule has 0 saturated heterocycles. The van der Waals surface area contributed by atoms with E-state index in [1.54, 1.807) is 0 Å². The molecule has 1 aliphatic carbocycles. The number of unbranched alkanes of at least 4 members (excludes halogenated alkanes) is 12. The van der Waals surface area contributed by atoms with Gasteiger partial charge in [-0.2, -0.15) is 0 Å². The van der Waals surface area contributed by atoms with Crippen LogP contribution in [-0.4, -0.2) is 28.1 Å². The molecule has 0 aromatic carbocycles. The van der Waals surface area contributed by atoms with Crippen LogP contribution in [0.4, 0.5) is 0 Å². The van der Waals surface area contributed by atoms with Crippen molar-refractivity contribution in [3.8, 4) is 0 Å². The van der Waals surface area contributed by atoms with Crippen molar-refractivity contribution in [1.82, 2.24) is 0 Å². The first kappa shape index (κ1) is 31.1. The fourth-order valence-electron chi connectivity index (χ4n) is 5.57. The van der Waals surface area contributed by atoms with Crippen molar-refractivity contribution in [3.63, 3.8) is 0 Å². The third-order valence-electron chi connectivity index (χ3n) is 7.95. The van der Waals surface area contributed by atoms with Crippen LogP contribution in [0.15, 0.2) is 0 Å². The number of aliphatic hydroxyl groups is 1. The summed E-state index contributed by atoms with van der Waals surface area (Å²) in [6.07, 6.45) is 27.1. The lowest BCUT2D eigenvalue weighted by atomic mass is 9.78. The first-order valence-corrected chi connectivity index (χ1v) is 14.9. The van der Waals surface area contributed by atoms with Gasteiger partial charge in [0, 0.05) is 19.3 Å². The van der Waals surface area contributed by atoms with E-state index in [2.05, 4.69) is 0 Å². The molecular formula is C30H56O4. The van der Waals surface area contributed by atoms with Crippen LogP contribution in [0.3, 0.4) is 0 Å². The fraction of sp³-hybridized carbons (Fsp3) is 0.933. The highest BCUT2D eigenvalue weighted by atomic mass is 16.4. The summed E-state index contributed by atoms with van der Waals surface area (Å²) in [5.41, 5.74) is 0. The van der Waals surface area contributed by atoms with Crippen LogP contribution in [0.2, 0.25) is 0 Å². The molecule has 4 heteroatoms. The van der Waals surface area contributed by atoms with Crippen molar-refractivity contribution < 1.29 is 19.8 Å². The van der Waals surface area contributed by atoms with Crippen LogP contribution < -0.4 is 0 Å². The van der Waals surface area contributed by atoms with Crippen molar-refractivity contribution in [2.45, 2.75) is 167 Å². The Kier molecular flexibility index (Phi) is 19.6. The molecule has 0 radical (unpaired) electrons. The minimum atomic E-state index is -0.674. The zero-order valence-electron chi connectivity index (χ0n) is 22.4. The quantitative estimate of drug-likeness (QED) is 0.143. The third-order valence-corrected chi connectivity index (χ3v) is 7.95. The largest absolute Gasteiger partial charge is 0.481 e. The zero-order valence-corrected chi connectivity index (χ0v) is 22.4. The second-order valence-electron chi connectivity index (χ2n) is 11.1. The van der Waals surface area contributed by atoms with E-state index in [0.29, 0.717) is 24.5 Å². The number of hydrogen-bond donors (Lipinski definition) is 2. The number of carboxylic acids is 1. The number of aliphatic carboxylic acids is 1. The fourth-order valence-corrected chi connectivity index (χ4v) is 5.57. The first-order valence-electron chi connectivity index (χ1n) is 14.9. The van der Waals surface area contributed by atoms with Crippen LogP contribution in [-0.2, 0) is 9.59 Å². The van der Waals surface area contributed by atoms with Gasteiger partial charge in [-0.3, -0.25) is 9.59 Å². The van der Waals surface area contributed by atoms with Crippen LogP contribution in [0.25, 0.3) is 0 Å². The summed E-state index contributed by atoms with van der Waals surface area (Å²) in [5.74, 6) is 1.33. The van der Waals surface area contributed by atoms with E-state index < -0.39 is 5.97 Å². The second-order valence-corrected chi connectivity index (χ2v) is 11.1. The Labute approximate surface area is 210 Å². The van der Waals surface area contributed by atoms with Gasteiger partial charge in [0.15, 0.2) is 0 Å². The molecule has 0 heterocycles. The zero-order chi connectivity index (χ0) is 24.9. The van der Waals surface area contributed by atoms with Gasteiger partial charge < -0.3 is 10.2 Å². The van der Waals surface area contributed by atoms with Gasteiger partial charge in [0.05, 0.1) is 6.10 Å². The van der Waals surface area contributed by atoms with Crippen LogP contribution in [0.5, 0.6) is 0 Å². The molecule has 200 valence electrons. The number of carboxylic acid groups (broad SMARTS) is 1. The molecule has 0 unspecified atom stereocenters. The summed E-state index contributed by atoms with van der Waals surface area (Å²) < 4.78 is 0. The second kappa shape index (κ2) is 21.4. The summed E-state index contributed by atoms with van der Waals surface area (Å²) in [5, 5.41) is 18.8. The minimum Gasteiger partial charge on any atom is -0.481 e. The Hall–Kier alpha value is -0.900. The van der Waals surface area contributed by atoms with Gasteiger partial charge >= 0.3 is 5.97 Å². The molecule has 1 fully saturated rings. The SMILES string of the molecule is CCC(=O)CC1CCC(CCCCCC[C@H](O)CCCCCCCCCCCCC(=O)O)CC1. The molecule has 0 aromatic rings. The van der Waals surface area contributed by atoms with E-state index in [4.69, 9.17) is 5.11 Å². The highest BCUT2D eigenvalue weighted by Crippen LogP contribution is 2.34. The first-order chi connectivity index (χ1) is 16.5. The number of rotatable bonds is 23. The van der Waals surface area contributed by atoms with Crippen LogP contribution in [0, 0.1) is 11.8 Å². The molecule has 2 N–H and O–H groups in total. The monoisotopic (exact) mass is 480 g/mol. The Morgan fingerprint density at radius 1 is 0.676 bits per heavy atom. The average Bonchev–Trinajstić information content (AvgIpc) is 2.82. The standard InChI is InChI=1S/C30H56O4/c1-2-28(31)25-27-23-21-26(22-24-27)17-13-11-12-15-19-29(32)18-14-9-7-5-3-4-6-8-10-16-20-30(33)34/h26-27,29,32H,2-25H2,1H3,(H,33,34)/t26?,27?,29-/m1/s1. The van der Waals surface area contributed by atoms with Gasteiger partial charge in [0.25, 0.3) is 0 Å². The lowest BCUT2D eigenvalue weighted by Gasteiger charge is -2.28. The van der Waals surface area contributed by atoms with Gasteiger partial charge in [-0.15, -0.1) is 0 Å². The Morgan fingerprint density at radius 3 is 1.62 bits per heavy atom. The summed E-state index contributed by atoms with van der Waals surface area (Å²) in [4.78, 5) is 22.1. The van der Waals surface area contributed by atoms with Gasteiger partial charge in [-0.05, 0) is 43.9 Å². The molecule has 0 amide bonds. The molecule has 0 bridgehead atoms. The molecule has 1 saturated carbocycles. The van der Waals surface area contributed by atoms with Crippen LogP contribution >= 0.6 is 0 Å². The molecule has 1 rings (SSSR count). The molecule has 4 nitrogen and oxygen atoms in total. The Balaban J connectivity index is 1.80. The predicted octanol–water partition coefficient (Wildman–Crippen LogP) is 8.63. The van der Waals surface area contributed by atoms with Crippen molar-refractivity contribution in [3.05, 3.63) is 0 Å². The molecule has 0 aliphatic heterocycles. The number of carbonyl (C=O) groups excluding carboxylic acids is 1. The Morgan fingerprint density at radius 2 is 1.12 bits per heavy atom. The summed E-state index contributed by atoms with van der Waals surface area (Å²) in [7, 11) is 0. The summed E-state index contributed by atoms with van der Waals surface area (Å²) >= 11 is 0. The number of ketones is 1. The highest BCUT2D eigenvalue weighted by molar-refractivity contribution is 5.78. The smallest absolute Gasteiger partial charge is 0.303 e. The van der Waals surface area contributed by atoms with E-state index in [9.17, 15) is 14.7 Å². The van der Waals surface area contributed by atoms with Gasteiger partial charge in [0.2, 0.25) is 0 Å². The molecule has 0 spiro atoms. The van der Waals surface area contributed by atoms with Crippen molar-refractivity contribution in [2.24, 2.45) is 11.8 Å². The maximum absolute atomic E-state index is 11.6. The van der Waals surface area contributed by atoms with Gasteiger partial charge in [-0.1, -0.05) is 110 Å². The number of aliphatic hydroxyl groups excluding tert-OH is 1. The number of hydrogen-bond acceptors (Lipinski definition) is 3. The molecule has 1 atom stereocenters. The topological polar surface area (TPSA) is 74.6 Å². The van der Waals surface area contributed by atoms with E-state index in [-0.39, 0.29) is 6.10 Å². The highest BCUT2D eigenvalue weighted by Gasteiger charge is 2.22. The number of Topliss-reactive ketones (excluding diaryl/α,β-unsaturated/α-hetero) is 1. The molecular weight excluding hydrogens is 424 g/mol. The molecule has 34 heavy (non-hydrogen) atoms. The van der Waals surface area contributed by atoms with E-state index in [1.165, 1.54) is 103 Å². The third kappa shape index (κ3) is 18.4. The minimum absolute atomic E-state index is 0.105. The van der Waals surface area contributed by atoms with Crippen LogP contribution in [0.1, 0.15) is 161 Å². The van der Waals surface area contributed by atoms with Gasteiger partial charge in [0.1, 0.15) is 5.78 Å². The maximum atomic E-state index is 11.6. The van der Waals surface area contributed by atoms with E-state index in [1.807, 2.05) is 6.92 Å². The van der Waals surface area contributed by atoms with E-state index >= 15 is 0 Å². The predicted molar refractivity (Wildman–Crippen MR) is 142 cm³/mol. The summed E-state index contributed by atoms with van der Waals surface area (Å²) in [6, 6.07) is 0. The number of carbonyl (C=O) groups is 2. The lowest BCUT2D eigenvalue weighted by molar-refractivity contribution is -0.137. The van der Waals surface area contributed by atoms with E-state index in [0.717, 1.165) is 44.4 Å². The normalized spacial score (nSPS) is 19.2. The molecule has 0 aromatic heterocycles.